The van der Waals surface area contributed by atoms with E-state index in [1.807, 2.05) is 0 Å². The smallest absolute Gasteiger partial charge is 0.278 e. The minimum Gasteiger partial charge on any atom is -0.311 e. The number of fused-ring (bicyclic) bond motifs is 1. The van der Waals surface area contributed by atoms with Gasteiger partial charge in [-0.15, -0.1) is 5.10 Å². The molecule has 2 aliphatic rings. The number of hydrogen-bond donors (Lipinski definition) is 1. The van der Waals surface area contributed by atoms with Gasteiger partial charge in [0.2, 0.25) is 5.91 Å². The normalized spacial score (nSPS) is 18.6. The molecule has 4 amide bonds. The van der Waals surface area contributed by atoms with Crippen molar-refractivity contribution in [3.8, 4) is 0 Å². The minimum atomic E-state index is -1.33. The molecule has 1 N–H and O–H groups in total. The Hall–Kier alpha value is -3.81. The largest absolute Gasteiger partial charge is 0.311 e. The van der Waals surface area contributed by atoms with Gasteiger partial charge in [0.05, 0.1) is 16.8 Å². The average molecular weight is 362 g/mol. The summed E-state index contributed by atoms with van der Waals surface area (Å²) in [6.07, 6.45) is 0. The molecule has 0 fully saturated rings. The summed E-state index contributed by atoms with van der Waals surface area (Å²) < 4.78 is 0. The van der Waals surface area contributed by atoms with E-state index in [4.69, 9.17) is 0 Å². The monoisotopic (exact) mass is 362 g/mol. The first-order chi connectivity index (χ1) is 13.0. The Balaban J connectivity index is 1.76. The number of nitrogens with zero attached hydrogens (tertiary/aromatic N) is 3. The van der Waals surface area contributed by atoms with Crippen LogP contribution in [0.1, 0.15) is 27.6 Å². The van der Waals surface area contributed by atoms with Gasteiger partial charge in [-0.2, -0.15) is 5.01 Å². The van der Waals surface area contributed by atoms with Crippen molar-refractivity contribution in [2.24, 2.45) is 5.10 Å². The lowest BCUT2D eigenvalue weighted by atomic mass is 10.1. The molecule has 2 aliphatic heterocycles. The highest BCUT2D eigenvalue weighted by molar-refractivity contribution is 6.30. The highest BCUT2D eigenvalue weighted by Crippen LogP contribution is 2.29. The highest BCUT2D eigenvalue weighted by Gasteiger charge is 2.50. The third kappa shape index (κ3) is 2.58. The Morgan fingerprint density at radius 1 is 0.926 bits per heavy atom. The van der Waals surface area contributed by atoms with Crippen LogP contribution in [0.25, 0.3) is 0 Å². The Morgan fingerprint density at radius 3 is 2.04 bits per heavy atom. The van der Waals surface area contributed by atoms with Crippen LogP contribution in [0.2, 0.25) is 0 Å². The molecule has 1 unspecified atom stereocenters. The van der Waals surface area contributed by atoms with E-state index in [1.165, 1.54) is 19.1 Å². The molecule has 0 saturated heterocycles. The van der Waals surface area contributed by atoms with Crippen LogP contribution in [0, 0.1) is 0 Å². The first kappa shape index (κ1) is 16.6. The van der Waals surface area contributed by atoms with Crippen LogP contribution in [0.4, 0.5) is 5.69 Å². The number of amides is 4. The number of rotatable bonds is 2. The van der Waals surface area contributed by atoms with Crippen molar-refractivity contribution < 1.29 is 19.2 Å². The molecule has 0 saturated carbocycles. The van der Waals surface area contributed by atoms with Gasteiger partial charge in [-0.1, -0.05) is 30.3 Å². The Labute approximate surface area is 154 Å². The van der Waals surface area contributed by atoms with Crippen molar-refractivity contribution in [3.63, 3.8) is 0 Å². The molecule has 0 bridgehead atoms. The van der Waals surface area contributed by atoms with Gasteiger partial charge < -0.3 is 5.32 Å². The first-order valence-electron chi connectivity index (χ1n) is 8.21. The van der Waals surface area contributed by atoms with Crippen LogP contribution in [-0.2, 0) is 9.59 Å². The SMILES string of the molecule is CC(=O)NC1=NN(c2ccccc2)C(=O)C1N1C(=O)c2ccccc2C1=O. The highest BCUT2D eigenvalue weighted by atomic mass is 16.2. The van der Waals surface area contributed by atoms with Crippen molar-refractivity contribution in [2.45, 2.75) is 13.0 Å². The first-order valence-corrected chi connectivity index (χ1v) is 8.21. The van der Waals surface area contributed by atoms with Crippen molar-refractivity contribution in [1.29, 1.82) is 0 Å². The van der Waals surface area contributed by atoms with E-state index >= 15 is 0 Å². The van der Waals surface area contributed by atoms with Gasteiger partial charge in [-0.3, -0.25) is 24.1 Å². The quantitative estimate of drug-likeness (QED) is 0.810. The van der Waals surface area contributed by atoms with E-state index in [0.717, 1.165) is 9.91 Å². The van der Waals surface area contributed by atoms with Crippen molar-refractivity contribution in [2.75, 3.05) is 5.01 Å². The summed E-state index contributed by atoms with van der Waals surface area (Å²) in [5.74, 6) is -2.31. The van der Waals surface area contributed by atoms with Crippen LogP contribution in [0.15, 0.2) is 59.7 Å². The molecule has 2 aromatic carbocycles. The maximum atomic E-state index is 13.0. The summed E-state index contributed by atoms with van der Waals surface area (Å²) in [5, 5.41) is 7.71. The lowest BCUT2D eigenvalue weighted by Crippen LogP contribution is -2.53. The van der Waals surface area contributed by atoms with Crippen molar-refractivity contribution in [1.82, 2.24) is 10.2 Å². The molecule has 2 heterocycles. The van der Waals surface area contributed by atoms with Crippen LogP contribution >= 0.6 is 0 Å². The van der Waals surface area contributed by atoms with Gasteiger partial charge in [0.25, 0.3) is 17.7 Å². The van der Waals surface area contributed by atoms with E-state index in [9.17, 15) is 19.2 Å². The number of amidine groups is 1. The second-order valence-corrected chi connectivity index (χ2v) is 6.08. The van der Waals surface area contributed by atoms with Crippen LogP contribution < -0.4 is 10.3 Å². The lowest BCUT2D eigenvalue weighted by Gasteiger charge is -2.22. The minimum absolute atomic E-state index is 0.0640. The number of hydrogen-bond acceptors (Lipinski definition) is 5. The second kappa shape index (κ2) is 6.17. The molecule has 134 valence electrons. The Bertz CT molecular complexity index is 980. The fourth-order valence-electron chi connectivity index (χ4n) is 3.15. The average Bonchev–Trinajstić information content (AvgIpc) is 3.10. The summed E-state index contributed by atoms with van der Waals surface area (Å²) in [6, 6.07) is 13.6. The second-order valence-electron chi connectivity index (χ2n) is 6.08. The van der Waals surface area contributed by atoms with E-state index in [1.54, 1.807) is 42.5 Å². The molecule has 0 aromatic heterocycles. The number of carbonyl (C=O) groups is 4. The zero-order valence-corrected chi connectivity index (χ0v) is 14.2. The summed E-state index contributed by atoms with van der Waals surface area (Å²) >= 11 is 0. The molecule has 4 rings (SSSR count). The fraction of sp³-hybridized carbons (Fsp3) is 0.105. The topological polar surface area (TPSA) is 99.2 Å². The predicted molar refractivity (Wildman–Crippen MR) is 95.9 cm³/mol. The Morgan fingerprint density at radius 2 is 1.48 bits per heavy atom. The lowest BCUT2D eigenvalue weighted by molar-refractivity contribution is -0.119. The van der Waals surface area contributed by atoms with Crippen LogP contribution in [0.3, 0.4) is 0 Å². The Kier molecular flexibility index (Phi) is 3.80. The zero-order chi connectivity index (χ0) is 19.1. The standard InChI is InChI=1S/C19H14N4O4/c1-11(24)20-16-15(19(27)23(21-16)12-7-3-2-4-8-12)22-17(25)13-9-5-6-10-14(13)18(22)26/h2-10,15H,1H3,(H,20,21,24). The van der Waals surface area contributed by atoms with E-state index in [2.05, 4.69) is 10.4 Å². The van der Waals surface area contributed by atoms with Gasteiger partial charge in [-0.25, -0.2) is 0 Å². The van der Waals surface area contributed by atoms with Gasteiger partial charge in [0.1, 0.15) is 0 Å². The molecule has 2 aromatic rings. The molecular weight excluding hydrogens is 348 g/mol. The van der Waals surface area contributed by atoms with Gasteiger partial charge >= 0.3 is 0 Å². The fourth-order valence-corrected chi connectivity index (χ4v) is 3.15. The zero-order valence-electron chi connectivity index (χ0n) is 14.2. The summed E-state index contributed by atoms with van der Waals surface area (Å²) in [5.41, 5.74) is 0.899. The predicted octanol–water partition coefficient (Wildman–Crippen LogP) is 1.15. The molecule has 8 heteroatoms. The van der Waals surface area contributed by atoms with Crippen LogP contribution in [0.5, 0.6) is 0 Å². The molecule has 27 heavy (non-hydrogen) atoms. The molecule has 8 nitrogen and oxygen atoms in total. The van der Waals surface area contributed by atoms with Crippen molar-refractivity contribution in [3.05, 3.63) is 65.7 Å². The maximum absolute atomic E-state index is 13.0. The van der Waals surface area contributed by atoms with Gasteiger partial charge in [-0.05, 0) is 24.3 Å². The summed E-state index contributed by atoms with van der Waals surface area (Å²) in [6.45, 7) is 1.26. The molecule has 0 aliphatic carbocycles. The van der Waals surface area contributed by atoms with Gasteiger partial charge in [0, 0.05) is 6.92 Å². The third-order valence-corrected chi connectivity index (χ3v) is 4.30. The number of benzene rings is 2. The maximum Gasteiger partial charge on any atom is 0.278 e. The van der Waals surface area contributed by atoms with E-state index < -0.39 is 29.7 Å². The molecule has 1 atom stereocenters. The third-order valence-electron chi connectivity index (χ3n) is 4.30. The molecular formula is C19H14N4O4. The number of para-hydroxylation sites is 1. The number of imide groups is 1. The number of anilines is 1. The number of carbonyl (C=O) groups excluding carboxylic acids is 4. The van der Waals surface area contributed by atoms with Crippen molar-refractivity contribution >= 4 is 35.2 Å². The van der Waals surface area contributed by atoms with E-state index in [-0.39, 0.29) is 17.0 Å². The summed E-state index contributed by atoms with van der Waals surface area (Å²) in [7, 11) is 0. The summed E-state index contributed by atoms with van der Waals surface area (Å²) in [4.78, 5) is 51.0. The molecule has 0 radical (unpaired) electrons. The van der Waals surface area contributed by atoms with Gasteiger partial charge in [0.15, 0.2) is 11.9 Å². The van der Waals surface area contributed by atoms with E-state index in [0.29, 0.717) is 5.69 Å². The molecule has 0 spiro atoms. The number of nitrogens with one attached hydrogen (secondary N) is 1. The van der Waals surface area contributed by atoms with Crippen LogP contribution in [-0.4, -0.2) is 40.4 Å². The number of hydrazone groups is 1.